The SMILES string of the molecule is CNC(=O)CCc1ccccc1NC(=O)NCCn1c(C)cc(C)nc1=O. The number of nitrogens with one attached hydrogen (secondary N) is 3. The summed E-state index contributed by atoms with van der Waals surface area (Å²) in [6.07, 6.45) is 0.874. The lowest BCUT2D eigenvalue weighted by molar-refractivity contribution is -0.120. The second kappa shape index (κ2) is 9.51. The molecule has 0 fully saturated rings. The number of carbonyl (C=O) groups is 2. The van der Waals surface area contributed by atoms with Gasteiger partial charge in [-0.1, -0.05) is 18.2 Å². The highest BCUT2D eigenvalue weighted by Crippen LogP contribution is 2.16. The molecule has 8 heteroatoms. The minimum atomic E-state index is -0.367. The lowest BCUT2D eigenvalue weighted by atomic mass is 10.1. The van der Waals surface area contributed by atoms with Gasteiger partial charge in [-0.25, -0.2) is 9.59 Å². The highest BCUT2D eigenvalue weighted by Gasteiger charge is 2.08. The second-order valence-corrected chi connectivity index (χ2v) is 6.18. The topological polar surface area (TPSA) is 105 Å². The first kappa shape index (κ1) is 20.2. The Balaban J connectivity index is 1.91. The average Bonchev–Trinajstić information content (AvgIpc) is 2.62. The number of urea groups is 1. The minimum Gasteiger partial charge on any atom is -0.359 e. The highest BCUT2D eigenvalue weighted by molar-refractivity contribution is 5.90. The summed E-state index contributed by atoms with van der Waals surface area (Å²) in [7, 11) is 1.59. The molecular weight excluding hydrogens is 346 g/mol. The molecule has 27 heavy (non-hydrogen) atoms. The van der Waals surface area contributed by atoms with Gasteiger partial charge in [0.25, 0.3) is 0 Å². The molecule has 8 nitrogen and oxygen atoms in total. The molecule has 2 aromatic rings. The van der Waals surface area contributed by atoms with Crippen LogP contribution in [-0.4, -0.2) is 35.1 Å². The van der Waals surface area contributed by atoms with Gasteiger partial charge in [-0.15, -0.1) is 0 Å². The molecule has 1 heterocycles. The van der Waals surface area contributed by atoms with Crippen molar-refractivity contribution in [2.45, 2.75) is 33.2 Å². The van der Waals surface area contributed by atoms with Gasteiger partial charge in [0.1, 0.15) is 0 Å². The van der Waals surface area contributed by atoms with Gasteiger partial charge >= 0.3 is 11.7 Å². The van der Waals surface area contributed by atoms with Crippen LogP contribution in [0.15, 0.2) is 35.1 Å². The van der Waals surface area contributed by atoms with E-state index < -0.39 is 0 Å². The molecule has 0 aliphatic heterocycles. The number of benzene rings is 1. The van der Waals surface area contributed by atoms with E-state index in [2.05, 4.69) is 20.9 Å². The van der Waals surface area contributed by atoms with E-state index in [1.54, 1.807) is 20.0 Å². The maximum absolute atomic E-state index is 12.2. The fraction of sp³-hybridized carbons (Fsp3) is 0.368. The molecule has 1 aromatic carbocycles. The lowest BCUT2D eigenvalue weighted by Crippen LogP contribution is -2.35. The number of nitrogens with zero attached hydrogens (tertiary/aromatic N) is 2. The lowest BCUT2D eigenvalue weighted by Gasteiger charge is -2.13. The zero-order valence-electron chi connectivity index (χ0n) is 15.8. The Morgan fingerprint density at radius 1 is 1.19 bits per heavy atom. The molecule has 0 atom stereocenters. The predicted molar refractivity (Wildman–Crippen MR) is 104 cm³/mol. The zero-order valence-corrected chi connectivity index (χ0v) is 15.8. The fourth-order valence-corrected chi connectivity index (χ4v) is 2.73. The Labute approximate surface area is 158 Å². The maximum atomic E-state index is 12.2. The molecule has 0 saturated carbocycles. The molecule has 144 valence electrons. The number of hydrogen-bond donors (Lipinski definition) is 3. The molecule has 0 unspecified atom stereocenters. The summed E-state index contributed by atoms with van der Waals surface area (Å²) in [5, 5.41) is 8.11. The van der Waals surface area contributed by atoms with Crippen LogP contribution >= 0.6 is 0 Å². The van der Waals surface area contributed by atoms with Gasteiger partial charge < -0.3 is 16.0 Å². The second-order valence-electron chi connectivity index (χ2n) is 6.18. The standard InChI is InChI=1S/C19H25N5O3/c1-13-12-14(2)24(19(27)22-13)11-10-21-18(26)23-16-7-5-4-6-15(16)8-9-17(25)20-3/h4-7,12H,8-11H2,1-3H3,(H,20,25)(H2,21,23,26). The molecule has 0 bridgehead atoms. The van der Waals surface area contributed by atoms with E-state index in [1.165, 1.54) is 4.57 Å². The summed E-state index contributed by atoms with van der Waals surface area (Å²) in [4.78, 5) is 39.4. The zero-order chi connectivity index (χ0) is 19.8. The first-order valence-electron chi connectivity index (χ1n) is 8.79. The predicted octanol–water partition coefficient (Wildman–Crippen LogP) is 1.36. The number of aromatic nitrogens is 2. The van der Waals surface area contributed by atoms with E-state index in [-0.39, 0.29) is 24.2 Å². The van der Waals surface area contributed by atoms with Crippen LogP contribution in [0.3, 0.4) is 0 Å². The molecular formula is C19H25N5O3. The van der Waals surface area contributed by atoms with Crippen LogP contribution in [0.1, 0.15) is 23.4 Å². The van der Waals surface area contributed by atoms with Crippen molar-refractivity contribution in [1.29, 1.82) is 0 Å². The Morgan fingerprint density at radius 2 is 1.93 bits per heavy atom. The van der Waals surface area contributed by atoms with Crippen molar-refractivity contribution in [3.63, 3.8) is 0 Å². The number of anilines is 1. The Hall–Kier alpha value is -3.16. The fourth-order valence-electron chi connectivity index (χ4n) is 2.73. The van der Waals surface area contributed by atoms with Crippen molar-refractivity contribution < 1.29 is 9.59 Å². The molecule has 3 N–H and O–H groups in total. The van der Waals surface area contributed by atoms with Crippen LogP contribution < -0.4 is 21.6 Å². The first-order valence-corrected chi connectivity index (χ1v) is 8.79. The van der Waals surface area contributed by atoms with E-state index in [0.29, 0.717) is 30.8 Å². The molecule has 0 aliphatic rings. The molecule has 0 radical (unpaired) electrons. The smallest absolute Gasteiger partial charge is 0.348 e. The Bertz CT molecular complexity index is 876. The van der Waals surface area contributed by atoms with Gasteiger partial charge in [0.15, 0.2) is 0 Å². The van der Waals surface area contributed by atoms with Gasteiger partial charge in [0.05, 0.1) is 0 Å². The molecule has 0 aliphatic carbocycles. The molecule has 0 saturated heterocycles. The third-order valence-electron chi connectivity index (χ3n) is 4.13. The highest BCUT2D eigenvalue weighted by atomic mass is 16.2. The normalized spacial score (nSPS) is 10.3. The van der Waals surface area contributed by atoms with Gasteiger partial charge in [-0.2, -0.15) is 4.98 Å². The maximum Gasteiger partial charge on any atom is 0.348 e. The van der Waals surface area contributed by atoms with Crippen LogP contribution in [-0.2, 0) is 17.8 Å². The third kappa shape index (κ3) is 5.95. The number of para-hydroxylation sites is 1. The number of amides is 3. The van der Waals surface area contributed by atoms with E-state index in [4.69, 9.17) is 0 Å². The quantitative estimate of drug-likeness (QED) is 0.683. The van der Waals surface area contributed by atoms with Crippen molar-refractivity contribution in [3.8, 4) is 0 Å². The van der Waals surface area contributed by atoms with Crippen molar-refractivity contribution in [2.24, 2.45) is 0 Å². The Morgan fingerprint density at radius 3 is 2.63 bits per heavy atom. The summed E-state index contributed by atoms with van der Waals surface area (Å²) >= 11 is 0. The third-order valence-corrected chi connectivity index (χ3v) is 4.13. The van der Waals surface area contributed by atoms with Gasteiger partial charge in [0, 0.05) is 43.6 Å². The van der Waals surface area contributed by atoms with E-state index in [0.717, 1.165) is 11.3 Å². The monoisotopic (exact) mass is 371 g/mol. The van der Waals surface area contributed by atoms with E-state index in [9.17, 15) is 14.4 Å². The first-order chi connectivity index (χ1) is 12.9. The van der Waals surface area contributed by atoms with Crippen molar-refractivity contribution in [3.05, 3.63) is 57.8 Å². The van der Waals surface area contributed by atoms with E-state index >= 15 is 0 Å². The van der Waals surface area contributed by atoms with Crippen LogP contribution in [0.4, 0.5) is 10.5 Å². The van der Waals surface area contributed by atoms with Gasteiger partial charge in [-0.3, -0.25) is 9.36 Å². The number of aryl methyl sites for hydroxylation is 3. The number of hydrogen-bond acceptors (Lipinski definition) is 4. The van der Waals surface area contributed by atoms with Gasteiger partial charge in [0.2, 0.25) is 5.91 Å². The molecule has 1 aromatic heterocycles. The van der Waals surface area contributed by atoms with Crippen molar-refractivity contribution >= 4 is 17.6 Å². The van der Waals surface area contributed by atoms with E-state index in [1.807, 2.05) is 31.2 Å². The largest absolute Gasteiger partial charge is 0.359 e. The summed E-state index contributed by atoms with van der Waals surface area (Å²) < 4.78 is 1.52. The van der Waals surface area contributed by atoms with Crippen molar-refractivity contribution in [2.75, 3.05) is 18.9 Å². The van der Waals surface area contributed by atoms with Crippen LogP contribution in [0.25, 0.3) is 0 Å². The summed E-state index contributed by atoms with van der Waals surface area (Å²) in [6, 6.07) is 8.80. The molecule has 3 amide bonds. The number of carbonyl (C=O) groups excluding carboxylic acids is 2. The minimum absolute atomic E-state index is 0.0539. The summed E-state index contributed by atoms with van der Waals surface area (Å²) in [5.41, 5.74) is 2.69. The molecule has 0 spiro atoms. The van der Waals surface area contributed by atoms with Crippen LogP contribution in [0.2, 0.25) is 0 Å². The summed E-state index contributed by atoms with van der Waals surface area (Å²) in [6.45, 7) is 4.23. The summed E-state index contributed by atoms with van der Waals surface area (Å²) in [5.74, 6) is -0.0539. The van der Waals surface area contributed by atoms with Crippen molar-refractivity contribution in [1.82, 2.24) is 20.2 Å². The van der Waals surface area contributed by atoms with Crippen LogP contribution in [0.5, 0.6) is 0 Å². The molecule has 2 rings (SSSR count). The Kier molecular flexibility index (Phi) is 7.10. The van der Waals surface area contributed by atoms with Crippen LogP contribution in [0, 0.1) is 13.8 Å². The average molecular weight is 371 g/mol. The van der Waals surface area contributed by atoms with Gasteiger partial charge in [-0.05, 0) is 38.0 Å². The number of rotatable bonds is 7.